The number of fused-ring (bicyclic) bond motifs is 1. The second-order valence-corrected chi connectivity index (χ2v) is 7.90. The third-order valence-corrected chi connectivity index (χ3v) is 5.51. The summed E-state index contributed by atoms with van der Waals surface area (Å²) in [5.74, 6) is 2.59. The lowest BCUT2D eigenvalue weighted by molar-refractivity contribution is -0.138. The Bertz CT molecular complexity index is 733. The average Bonchev–Trinajstić information content (AvgIpc) is 3.34. The molecule has 0 bridgehead atoms. The summed E-state index contributed by atoms with van der Waals surface area (Å²) in [4.78, 5) is 21.5. The SMILES string of the molecule is CCNC(=NCC1(C(=O)N(C)C)CCCC1)N(C)Cc1ccc2c(c1)OCO2.I. The molecule has 1 amide bonds. The number of aliphatic imine (C=N–C) groups is 1. The van der Waals surface area contributed by atoms with E-state index >= 15 is 0 Å². The van der Waals surface area contributed by atoms with Gasteiger partial charge in [0, 0.05) is 34.2 Å². The van der Waals surface area contributed by atoms with Crippen molar-refractivity contribution in [1.82, 2.24) is 15.1 Å². The van der Waals surface area contributed by atoms with Crippen molar-refractivity contribution >= 4 is 35.8 Å². The number of benzene rings is 1. The molecule has 3 rings (SSSR count). The van der Waals surface area contributed by atoms with E-state index in [9.17, 15) is 4.79 Å². The van der Waals surface area contributed by atoms with Gasteiger partial charge >= 0.3 is 0 Å². The number of carbonyl (C=O) groups excluding carboxylic acids is 1. The van der Waals surface area contributed by atoms with E-state index in [1.54, 1.807) is 4.90 Å². The summed E-state index contributed by atoms with van der Waals surface area (Å²) in [5, 5.41) is 3.36. The van der Waals surface area contributed by atoms with Crippen LogP contribution in [0.1, 0.15) is 38.2 Å². The molecule has 1 saturated carbocycles. The summed E-state index contributed by atoms with van der Waals surface area (Å²) in [6.45, 7) is 4.33. The van der Waals surface area contributed by atoms with E-state index in [1.165, 1.54) is 0 Å². The van der Waals surface area contributed by atoms with Gasteiger partial charge in [-0.25, -0.2) is 0 Å². The van der Waals surface area contributed by atoms with E-state index in [4.69, 9.17) is 14.5 Å². The van der Waals surface area contributed by atoms with Crippen LogP contribution in [0.25, 0.3) is 0 Å². The van der Waals surface area contributed by atoms with E-state index in [1.807, 2.05) is 39.3 Å². The summed E-state index contributed by atoms with van der Waals surface area (Å²) in [6.07, 6.45) is 4.02. The first-order valence-electron chi connectivity index (χ1n) is 10.0. The van der Waals surface area contributed by atoms with Gasteiger partial charge in [-0.2, -0.15) is 0 Å². The first-order chi connectivity index (χ1) is 13.4. The fraction of sp³-hybridized carbons (Fsp3) is 0.619. The van der Waals surface area contributed by atoms with Crippen LogP contribution < -0.4 is 14.8 Å². The molecule has 1 aliphatic heterocycles. The standard InChI is InChI=1S/C21H32N4O3.HI/c1-5-22-20(23-14-21(10-6-7-11-21)19(26)24(2)3)25(4)13-16-8-9-17-18(12-16)28-15-27-17;/h8-9,12H,5-7,10-11,13-15H2,1-4H3,(H,22,23);1H. The smallest absolute Gasteiger partial charge is 0.231 e. The number of hydrogen-bond acceptors (Lipinski definition) is 4. The number of carbonyl (C=O) groups is 1. The van der Waals surface area contributed by atoms with E-state index in [-0.39, 0.29) is 42.1 Å². The van der Waals surface area contributed by atoms with Crippen LogP contribution >= 0.6 is 24.0 Å². The van der Waals surface area contributed by atoms with E-state index in [0.29, 0.717) is 13.1 Å². The molecule has 1 aromatic carbocycles. The maximum absolute atomic E-state index is 12.8. The van der Waals surface area contributed by atoms with Crippen molar-refractivity contribution in [1.29, 1.82) is 0 Å². The largest absolute Gasteiger partial charge is 0.454 e. The Labute approximate surface area is 190 Å². The molecule has 0 radical (unpaired) electrons. The number of nitrogens with zero attached hydrogens (tertiary/aromatic N) is 3. The highest BCUT2D eigenvalue weighted by molar-refractivity contribution is 14.0. The Hall–Kier alpha value is -1.71. The van der Waals surface area contributed by atoms with Crippen LogP contribution in [0.4, 0.5) is 0 Å². The lowest BCUT2D eigenvalue weighted by Crippen LogP contribution is -2.43. The highest BCUT2D eigenvalue weighted by Gasteiger charge is 2.42. The van der Waals surface area contributed by atoms with Crippen molar-refractivity contribution < 1.29 is 14.3 Å². The van der Waals surface area contributed by atoms with Gasteiger partial charge in [0.05, 0.1) is 12.0 Å². The van der Waals surface area contributed by atoms with Crippen molar-refractivity contribution in [2.45, 2.75) is 39.2 Å². The highest BCUT2D eigenvalue weighted by atomic mass is 127. The molecule has 7 nitrogen and oxygen atoms in total. The summed E-state index contributed by atoms with van der Waals surface area (Å²) in [7, 11) is 5.69. The van der Waals surface area contributed by atoms with Gasteiger partial charge in [-0.3, -0.25) is 9.79 Å². The minimum absolute atomic E-state index is 0. The van der Waals surface area contributed by atoms with Crippen LogP contribution in [0, 0.1) is 5.41 Å². The second kappa shape index (κ2) is 10.4. The van der Waals surface area contributed by atoms with Crippen LogP contribution in [0.5, 0.6) is 11.5 Å². The van der Waals surface area contributed by atoms with Crippen LogP contribution in [0.2, 0.25) is 0 Å². The van der Waals surface area contributed by atoms with E-state index in [2.05, 4.69) is 17.1 Å². The normalized spacial score (nSPS) is 16.9. The van der Waals surface area contributed by atoms with Crippen molar-refractivity contribution in [3.05, 3.63) is 23.8 Å². The summed E-state index contributed by atoms with van der Waals surface area (Å²) in [5.41, 5.74) is 0.765. The molecule has 0 saturated heterocycles. The fourth-order valence-corrected chi connectivity index (χ4v) is 4.05. The maximum atomic E-state index is 12.8. The summed E-state index contributed by atoms with van der Waals surface area (Å²) >= 11 is 0. The average molecular weight is 516 g/mol. The van der Waals surface area contributed by atoms with Crippen LogP contribution in [0.15, 0.2) is 23.2 Å². The molecule has 0 atom stereocenters. The Kier molecular flexibility index (Phi) is 8.42. The van der Waals surface area contributed by atoms with Crippen molar-refractivity contribution in [2.24, 2.45) is 10.4 Å². The zero-order valence-electron chi connectivity index (χ0n) is 17.9. The predicted molar refractivity (Wildman–Crippen MR) is 125 cm³/mol. The second-order valence-electron chi connectivity index (χ2n) is 7.90. The molecular formula is C21H33IN4O3. The molecule has 8 heteroatoms. The summed E-state index contributed by atoms with van der Waals surface area (Å²) < 4.78 is 10.9. The van der Waals surface area contributed by atoms with Crippen LogP contribution in [-0.2, 0) is 11.3 Å². The number of halogens is 1. The number of ether oxygens (including phenoxy) is 2. The monoisotopic (exact) mass is 516 g/mol. The molecular weight excluding hydrogens is 483 g/mol. The predicted octanol–water partition coefficient (Wildman–Crippen LogP) is 3.08. The first kappa shape index (κ1) is 23.6. The maximum Gasteiger partial charge on any atom is 0.231 e. The van der Waals surface area contributed by atoms with Gasteiger partial charge in [0.2, 0.25) is 12.7 Å². The highest BCUT2D eigenvalue weighted by Crippen LogP contribution is 2.40. The number of amides is 1. The Morgan fingerprint density at radius 2 is 1.86 bits per heavy atom. The van der Waals surface area contributed by atoms with Crippen LogP contribution in [-0.4, -0.2) is 62.7 Å². The third-order valence-electron chi connectivity index (χ3n) is 5.51. The van der Waals surface area contributed by atoms with Gasteiger partial charge in [-0.05, 0) is 37.5 Å². The zero-order valence-corrected chi connectivity index (χ0v) is 20.2. The van der Waals surface area contributed by atoms with E-state index < -0.39 is 0 Å². The summed E-state index contributed by atoms with van der Waals surface area (Å²) in [6, 6.07) is 6.00. The quantitative estimate of drug-likeness (QED) is 0.358. The molecule has 1 aromatic rings. The molecule has 1 heterocycles. The Balaban J connectivity index is 0.00000300. The van der Waals surface area contributed by atoms with Gasteiger partial charge in [0.1, 0.15) is 0 Å². The van der Waals surface area contributed by atoms with Crippen LogP contribution in [0.3, 0.4) is 0 Å². The molecule has 0 unspecified atom stereocenters. The lowest BCUT2D eigenvalue weighted by Gasteiger charge is -2.30. The molecule has 2 aliphatic rings. The van der Waals surface area contributed by atoms with Gasteiger partial charge < -0.3 is 24.6 Å². The Morgan fingerprint density at radius 1 is 1.17 bits per heavy atom. The zero-order chi connectivity index (χ0) is 20.1. The minimum atomic E-state index is -0.357. The molecule has 1 aliphatic carbocycles. The van der Waals surface area contributed by atoms with Crippen molar-refractivity contribution in [3.63, 3.8) is 0 Å². The number of hydrogen-bond donors (Lipinski definition) is 1. The van der Waals surface area contributed by atoms with Crippen molar-refractivity contribution in [2.75, 3.05) is 41.0 Å². The topological polar surface area (TPSA) is 66.4 Å². The van der Waals surface area contributed by atoms with Gasteiger partial charge in [0.25, 0.3) is 0 Å². The minimum Gasteiger partial charge on any atom is -0.454 e. The molecule has 0 spiro atoms. The number of nitrogens with one attached hydrogen (secondary N) is 1. The van der Waals surface area contributed by atoms with E-state index in [0.717, 1.165) is 55.3 Å². The van der Waals surface area contributed by atoms with Gasteiger partial charge in [-0.1, -0.05) is 18.9 Å². The number of guanidine groups is 1. The van der Waals surface area contributed by atoms with Crippen molar-refractivity contribution in [3.8, 4) is 11.5 Å². The fourth-order valence-electron chi connectivity index (χ4n) is 4.05. The lowest BCUT2D eigenvalue weighted by atomic mass is 9.85. The molecule has 29 heavy (non-hydrogen) atoms. The molecule has 0 aromatic heterocycles. The molecule has 1 fully saturated rings. The Morgan fingerprint density at radius 3 is 2.52 bits per heavy atom. The molecule has 1 N–H and O–H groups in total. The van der Waals surface area contributed by atoms with Gasteiger partial charge in [0.15, 0.2) is 17.5 Å². The first-order valence-corrected chi connectivity index (χ1v) is 10.0. The molecule has 162 valence electrons. The number of rotatable bonds is 6. The third kappa shape index (κ3) is 5.46. The van der Waals surface area contributed by atoms with Gasteiger partial charge in [-0.15, -0.1) is 24.0 Å².